The summed E-state index contributed by atoms with van der Waals surface area (Å²) in [6.45, 7) is 3.32. The Hall–Kier alpha value is -0.900. The van der Waals surface area contributed by atoms with E-state index in [9.17, 15) is 9.18 Å². The molecule has 0 aliphatic carbocycles. The van der Waals surface area contributed by atoms with Gasteiger partial charge in [0.15, 0.2) is 0 Å². The molecular weight excluding hydrogens is 163 g/mol. The molecule has 0 heterocycles. The largest absolute Gasteiger partial charge is 0.464 e. The molecule has 0 rings (SSSR count). The predicted octanol–water partition coefficient (Wildman–Crippen LogP) is 0.825. The summed E-state index contributed by atoms with van der Waals surface area (Å²) in [4.78, 5) is 10.7. The number of halogens is 1. The summed E-state index contributed by atoms with van der Waals surface area (Å²) < 4.78 is 17.2. The SMILES string of the molecule is C/C=C/[C@@H](O)[C@H](F)C(=O)OCC. The Bertz CT molecular complexity index is 168. The van der Waals surface area contributed by atoms with Gasteiger partial charge in [0, 0.05) is 0 Å². The first-order chi connectivity index (χ1) is 5.63. The maximum atomic E-state index is 12.8. The van der Waals surface area contributed by atoms with Crippen molar-refractivity contribution in [1.29, 1.82) is 0 Å². The Kier molecular flexibility index (Phi) is 5.28. The number of allylic oxidation sites excluding steroid dienone is 1. The number of alkyl halides is 1. The van der Waals surface area contributed by atoms with E-state index in [1.807, 2.05) is 0 Å². The number of aliphatic hydroxyl groups excluding tert-OH is 1. The monoisotopic (exact) mass is 176 g/mol. The minimum Gasteiger partial charge on any atom is -0.464 e. The third-order valence-corrected chi connectivity index (χ3v) is 1.20. The van der Waals surface area contributed by atoms with Gasteiger partial charge in [-0.2, -0.15) is 0 Å². The number of rotatable bonds is 4. The first-order valence-corrected chi connectivity index (χ1v) is 3.75. The number of carbonyl (C=O) groups is 1. The number of hydrogen-bond donors (Lipinski definition) is 1. The van der Waals surface area contributed by atoms with Crippen molar-refractivity contribution in [3.8, 4) is 0 Å². The topological polar surface area (TPSA) is 46.5 Å². The van der Waals surface area contributed by atoms with Crippen LogP contribution in [-0.2, 0) is 9.53 Å². The van der Waals surface area contributed by atoms with Crippen molar-refractivity contribution in [2.45, 2.75) is 26.1 Å². The van der Waals surface area contributed by atoms with Gasteiger partial charge in [0.25, 0.3) is 0 Å². The van der Waals surface area contributed by atoms with Crippen LogP contribution >= 0.6 is 0 Å². The van der Waals surface area contributed by atoms with Crippen LogP contribution in [0.5, 0.6) is 0 Å². The average Bonchev–Trinajstić information content (AvgIpc) is 2.04. The van der Waals surface area contributed by atoms with Gasteiger partial charge < -0.3 is 9.84 Å². The molecule has 1 N–H and O–H groups in total. The van der Waals surface area contributed by atoms with Crippen LogP contribution in [-0.4, -0.2) is 30.0 Å². The fraction of sp³-hybridized carbons (Fsp3) is 0.625. The van der Waals surface area contributed by atoms with Crippen molar-refractivity contribution in [3.63, 3.8) is 0 Å². The standard InChI is InChI=1S/C8H13FO3/c1-3-5-6(10)7(9)8(11)12-4-2/h3,5-7,10H,4H2,1-2H3/b5-3+/t6-,7+/m1/s1. The van der Waals surface area contributed by atoms with E-state index in [0.29, 0.717) is 0 Å². The molecule has 0 aromatic carbocycles. The van der Waals surface area contributed by atoms with Crippen molar-refractivity contribution in [1.82, 2.24) is 0 Å². The van der Waals surface area contributed by atoms with Crippen LogP contribution < -0.4 is 0 Å². The summed E-state index contributed by atoms with van der Waals surface area (Å²) in [7, 11) is 0. The Morgan fingerprint density at radius 1 is 1.75 bits per heavy atom. The molecule has 0 saturated carbocycles. The van der Waals surface area contributed by atoms with Crippen LogP contribution in [0.1, 0.15) is 13.8 Å². The first-order valence-electron chi connectivity index (χ1n) is 3.75. The maximum Gasteiger partial charge on any atom is 0.343 e. The highest BCUT2D eigenvalue weighted by Crippen LogP contribution is 2.03. The van der Waals surface area contributed by atoms with Gasteiger partial charge in [-0.3, -0.25) is 0 Å². The van der Waals surface area contributed by atoms with Gasteiger partial charge in [-0.15, -0.1) is 0 Å². The quantitative estimate of drug-likeness (QED) is 0.509. The summed E-state index contributed by atoms with van der Waals surface area (Å²) in [5, 5.41) is 8.95. The van der Waals surface area contributed by atoms with Crippen molar-refractivity contribution < 1.29 is 19.0 Å². The Morgan fingerprint density at radius 2 is 2.33 bits per heavy atom. The van der Waals surface area contributed by atoms with E-state index in [-0.39, 0.29) is 6.61 Å². The lowest BCUT2D eigenvalue weighted by atomic mass is 10.2. The summed E-state index contributed by atoms with van der Waals surface area (Å²) in [6.07, 6.45) is -0.729. The average molecular weight is 176 g/mol. The van der Waals surface area contributed by atoms with Gasteiger partial charge >= 0.3 is 5.97 Å². The summed E-state index contributed by atoms with van der Waals surface area (Å²) >= 11 is 0. The third-order valence-electron chi connectivity index (χ3n) is 1.20. The van der Waals surface area contributed by atoms with Gasteiger partial charge in [-0.05, 0) is 13.8 Å². The summed E-state index contributed by atoms with van der Waals surface area (Å²) in [6, 6.07) is 0. The molecule has 0 fully saturated rings. The minimum atomic E-state index is -1.99. The zero-order chi connectivity index (χ0) is 9.56. The van der Waals surface area contributed by atoms with Crippen LogP contribution in [0.15, 0.2) is 12.2 Å². The van der Waals surface area contributed by atoms with Gasteiger partial charge in [-0.25, -0.2) is 9.18 Å². The Balaban J connectivity index is 3.99. The molecule has 0 unspecified atom stereocenters. The zero-order valence-electron chi connectivity index (χ0n) is 7.16. The van der Waals surface area contributed by atoms with Gasteiger partial charge in [0.1, 0.15) is 6.10 Å². The highest BCUT2D eigenvalue weighted by atomic mass is 19.1. The lowest BCUT2D eigenvalue weighted by Gasteiger charge is -2.10. The molecule has 0 aliphatic heterocycles. The first kappa shape index (κ1) is 11.1. The summed E-state index contributed by atoms with van der Waals surface area (Å²) in [5.41, 5.74) is 0. The fourth-order valence-corrected chi connectivity index (χ4v) is 0.656. The molecule has 70 valence electrons. The normalized spacial score (nSPS) is 16.0. The van der Waals surface area contributed by atoms with E-state index in [0.717, 1.165) is 0 Å². The second kappa shape index (κ2) is 5.71. The van der Waals surface area contributed by atoms with Crippen molar-refractivity contribution in [2.75, 3.05) is 6.61 Å². The van der Waals surface area contributed by atoms with Crippen LogP contribution in [0.4, 0.5) is 4.39 Å². The lowest BCUT2D eigenvalue weighted by Crippen LogP contribution is -2.30. The van der Waals surface area contributed by atoms with Crippen LogP contribution in [0, 0.1) is 0 Å². The number of aliphatic hydroxyl groups is 1. The third kappa shape index (κ3) is 3.48. The molecule has 0 spiro atoms. The number of esters is 1. The van der Waals surface area contributed by atoms with Gasteiger partial charge in [0.2, 0.25) is 6.17 Å². The highest BCUT2D eigenvalue weighted by Gasteiger charge is 2.25. The molecular formula is C8H13FO3. The maximum absolute atomic E-state index is 12.8. The van der Waals surface area contributed by atoms with E-state index in [4.69, 9.17) is 5.11 Å². The van der Waals surface area contributed by atoms with E-state index in [1.165, 1.54) is 12.2 Å². The molecule has 0 aromatic heterocycles. The number of carbonyl (C=O) groups excluding carboxylic acids is 1. The molecule has 2 atom stereocenters. The molecule has 0 amide bonds. The van der Waals surface area contributed by atoms with Gasteiger partial charge in [0.05, 0.1) is 6.61 Å². The summed E-state index contributed by atoms with van der Waals surface area (Å²) in [5.74, 6) is -1.02. The number of hydrogen-bond acceptors (Lipinski definition) is 3. The molecule has 0 saturated heterocycles. The van der Waals surface area contributed by atoms with Crippen molar-refractivity contribution in [3.05, 3.63) is 12.2 Å². The molecule has 0 aromatic rings. The molecule has 4 heteroatoms. The van der Waals surface area contributed by atoms with Crippen LogP contribution in [0.3, 0.4) is 0 Å². The van der Waals surface area contributed by atoms with E-state index >= 15 is 0 Å². The molecule has 12 heavy (non-hydrogen) atoms. The Labute approximate surface area is 70.8 Å². The second-order valence-corrected chi connectivity index (χ2v) is 2.17. The van der Waals surface area contributed by atoms with Crippen LogP contribution in [0.25, 0.3) is 0 Å². The predicted molar refractivity (Wildman–Crippen MR) is 42.3 cm³/mol. The molecule has 0 bridgehead atoms. The second-order valence-electron chi connectivity index (χ2n) is 2.17. The lowest BCUT2D eigenvalue weighted by molar-refractivity contribution is -0.152. The van der Waals surface area contributed by atoms with E-state index < -0.39 is 18.2 Å². The zero-order valence-corrected chi connectivity index (χ0v) is 7.16. The van der Waals surface area contributed by atoms with Crippen LogP contribution in [0.2, 0.25) is 0 Å². The molecule has 3 nitrogen and oxygen atoms in total. The van der Waals surface area contributed by atoms with Gasteiger partial charge in [-0.1, -0.05) is 12.2 Å². The molecule has 0 aliphatic rings. The minimum absolute atomic E-state index is 0.113. The highest BCUT2D eigenvalue weighted by molar-refractivity contribution is 5.75. The molecule has 0 radical (unpaired) electrons. The smallest absolute Gasteiger partial charge is 0.343 e. The Morgan fingerprint density at radius 3 is 2.75 bits per heavy atom. The van der Waals surface area contributed by atoms with E-state index in [2.05, 4.69) is 4.74 Å². The van der Waals surface area contributed by atoms with Crippen molar-refractivity contribution in [2.24, 2.45) is 0 Å². The van der Waals surface area contributed by atoms with Crippen molar-refractivity contribution >= 4 is 5.97 Å². The van der Waals surface area contributed by atoms with E-state index in [1.54, 1.807) is 13.8 Å². The fourth-order valence-electron chi connectivity index (χ4n) is 0.656. The number of ether oxygens (including phenoxy) is 1.